The van der Waals surface area contributed by atoms with Gasteiger partial charge < -0.3 is 14.2 Å². The molecule has 0 atom stereocenters. The van der Waals surface area contributed by atoms with Crippen LogP contribution in [0.3, 0.4) is 0 Å². The van der Waals surface area contributed by atoms with E-state index >= 15 is 0 Å². The van der Waals surface area contributed by atoms with E-state index in [1.165, 1.54) is 6.21 Å². The second-order valence-electron chi connectivity index (χ2n) is 6.72. The molecule has 1 aromatic heterocycles. The highest BCUT2D eigenvalue weighted by molar-refractivity contribution is 5.86. The maximum absolute atomic E-state index is 12.2. The molecule has 0 unspecified atom stereocenters. The lowest BCUT2D eigenvalue weighted by atomic mass is 10.1. The van der Waals surface area contributed by atoms with Crippen molar-refractivity contribution in [3.63, 3.8) is 0 Å². The zero-order valence-corrected chi connectivity index (χ0v) is 17.9. The summed E-state index contributed by atoms with van der Waals surface area (Å²) in [6.45, 7) is 7.63. The molecule has 1 heterocycles. The molecule has 0 aliphatic carbocycles. The van der Waals surface area contributed by atoms with Crippen LogP contribution in [-0.2, 0) is 11.2 Å². The van der Waals surface area contributed by atoms with Crippen molar-refractivity contribution < 1.29 is 19.0 Å². The monoisotopic (exact) mass is 431 g/mol. The van der Waals surface area contributed by atoms with Crippen LogP contribution in [0.2, 0.25) is 0 Å². The van der Waals surface area contributed by atoms with Crippen molar-refractivity contribution in [1.29, 1.82) is 0 Å². The predicted molar refractivity (Wildman–Crippen MR) is 126 cm³/mol. The average molecular weight is 431 g/mol. The van der Waals surface area contributed by atoms with E-state index in [-0.39, 0.29) is 6.61 Å². The third kappa shape index (κ3) is 5.72. The van der Waals surface area contributed by atoms with E-state index in [1.807, 2.05) is 30.3 Å². The van der Waals surface area contributed by atoms with Gasteiger partial charge in [0.2, 0.25) is 0 Å². The van der Waals surface area contributed by atoms with Crippen LogP contribution in [0, 0.1) is 0 Å². The number of allylic oxidation sites excluding steroid dienone is 1. The smallest absolute Gasteiger partial charge is 0.277 e. The quantitative estimate of drug-likeness (QED) is 0.281. The summed E-state index contributed by atoms with van der Waals surface area (Å²) in [5.41, 5.74) is 4.80. The highest BCUT2D eigenvalue weighted by Gasteiger charge is 2.12. The number of amides is 1. The summed E-state index contributed by atoms with van der Waals surface area (Å²) < 4.78 is 16.8. The van der Waals surface area contributed by atoms with Crippen molar-refractivity contribution in [2.24, 2.45) is 5.10 Å². The average Bonchev–Trinajstić information content (AvgIpc) is 2.82. The number of nitrogens with one attached hydrogen (secondary N) is 1. The minimum atomic E-state index is -0.390. The van der Waals surface area contributed by atoms with E-state index in [0.717, 1.165) is 16.5 Å². The molecular formula is C25H25N3O4. The Bertz CT molecular complexity index is 1140. The number of methoxy groups -OCH3 is 1. The number of benzene rings is 2. The maximum atomic E-state index is 12.2. The minimum absolute atomic E-state index is 0.188. The van der Waals surface area contributed by atoms with Crippen LogP contribution in [0.1, 0.15) is 11.1 Å². The molecule has 7 heteroatoms. The van der Waals surface area contributed by atoms with Crippen molar-refractivity contribution in [2.45, 2.75) is 6.42 Å². The first-order valence-corrected chi connectivity index (χ1v) is 10.00. The number of hydrazone groups is 1. The van der Waals surface area contributed by atoms with Crippen LogP contribution in [0.5, 0.6) is 17.2 Å². The second-order valence-corrected chi connectivity index (χ2v) is 6.72. The number of rotatable bonds is 11. The van der Waals surface area contributed by atoms with Crippen molar-refractivity contribution in [3.8, 4) is 17.2 Å². The van der Waals surface area contributed by atoms with Gasteiger partial charge in [0, 0.05) is 17.1 Å². The third-order valence-electron chi connectivity index (χ3n) is 4.44. The summed E-state index contributed by atoms with van der Waals surface area (Å²) in [5, 5.41) is 4.96. The van der Waals surface area contributed by atoms with Crippen molar-refractivity contribution in [1.82, 2.24) is 10.4 Å². The minimum Gasteiger partial charge on any atom is -0.493 e. The van der Waals surface area contributed by atoms with Gasteiger partial charge in [-0.2, -0.15) is 5.10 Å². The molecule has 0 spiro atoms. The number of fused-ring (bicyclic) bond motifs is 1. The highest BCUT2D eigenvalue weighted by atomic mass is 16.5. The molecule has 3 rings (SSSR count). The zero-order valence-electron chi connectivity index (χ0n) is 17.9. The second kappa shape index (κ2) is 11.3. The van der Waals surface area contributed by atoms with Gasteiger partial charge in [-0.25, -0.2) is 5.43 Å². The van der Waals surface area contributed by atoms with Gasteiger partial charge in [0.15, 0.2) is 18.1 Å². The van der Waals surface area contributed by atoms with Crippen LogP contribution >= 0.6 is 0 Å². The summed E-state index contributed by atoms with van der Waals surface area (Å²) in [7, 11) is 1.57. The molecule has 32 heavy (non-hydrogen) atoms. The fourth-order valence-electron chi connectivity index (χ4n) is 3.07. The fourth-order valence-corrected chi connectivity index (χ4v) is 3.07. The van der Waals surface area contributed by atoms with Crippen molar-refractivity contribution >= 4 is 23.0 Å². The third-order valence-corrected chi connectivity index (χ3v) is 4.44. The molecule has 0 aliphatic rings. The standard InChI is InChI=1S/C25H25N3O4/c1-4-8-20-14-18(15-22(30-3)25(20)31-13-5-2)16-27-28-23(29)17-32-21-11-6-9-19-10-7-12-26-24(19)21/h4-7,9-12,14-16H,1-2,8,13,17H2,3H3,(H,28,29)/b27-16+. The number of carbonyl (C=O) groups excluding carboxylic acids is 1. The van der Waals surface area contributed by atoms with Crippen molar-refractivity contribution in [2.75, 3.05) is 20.3 Å². The SMILES string of the molecule is C=CCOc1c(CC=C)cc(/C=N/NC(=O)COc2cccc3cccnc23)cc1OC. The lowest BCUT2D eigenvalue weighted by molar-refractivity contribution is -0.123. The molecule has 1 amide bonds. The Morgan fingerprint density at radius 2 is 1.97 bits per heavy atom. The van der Waals surface area contributed by atoms with E-state index in [0.29, 0.717) is 35.8 Å². The molecule has 164 valence electrons. The molecule has 0 saturated heterocycles. The first kappa shape index (κ1) is 22.6. The molecule has 1 N–H and O–H groups in total. The topological polar surface area (TPSA) is 82.0 Å². The number of carbonyl (C=O) groups is 1. The Morgan fingerprint density at radius 3 is 2.75 bits per heavy atom. The molecule has 3 aromatic rings. The molecular weight excluding hydrogens is 406 g/mol. The number of para-hydroxylation sites is 1. The molecule has 2 aromatic carbocycles. The Balaban J connectivity index is 1.65. The molecule has 0 radical (unpaired) electrons. The lowest BCUT2D eigenvalue weighted by Gasteiger charge is -2.14. The predicted octanol–water partition coefficient (Wildman–Crippen LogP) is 4.07. The Hall–Kier alpha value is -4.13. The summed E-state index contributed by atoms with van der Waals surface area (Å²) in [6.07, 6.45) is 7.24. The van der Waals surface area contributed by atoms with Crippen LogP contribution in [0.15, 0.2) is 79.1 Å². The van der Waals surface area contributed by atoms with E-state index in [2.05, 4.69) is 28.7 Å². The van der Waals surface area contributed by atoms with Gasteiger partial charge in [0.05, 0.1) is 13.3 Å². The number of pyridine rings is 1. The van der Waals surface area contributed by atoms with E-state index in [4.69, 9.17) is 14.2 Å². The summed E-state index contributed by atoms with van der Waals surface area (Å²) in [6, 6.07) is 13.0. The van der Waals surface area contributed by atoms with Gasteiger partial charge in [-0.3, -0.25) is 9.78 Å². The number of aromatic nitrogens is 1. The first-order chi connectivity index (χ1) is 15.7. The van der Waals surface area contributed by atoms with Gasteiger partial charge in [0.1, 0.15) is 17.9 Å². The molecule has 0 aliphatic heterocycles. The molecule has 0 bridgehead atoms. The van der Waals surface area contributed by atoms with Crippen LogP contribution in [0.25, 0.3) is 10.9 Å². The molecule has 0 fully saturated rings. The van der Waals surface area contributed by atoms with Gasteiger partial charge in [-0.1, -0.05) is 36.9 Å². The Labute approximate surface area is 187 Å². The maximum Gasteiger partial charge on any atom is 0.277 e. The molecule has 0 saturated carbocycles. The summed E-state index contributed by atoms with van der Waals surface area (Å²) >= 11 is 0. The zero-order chi connectivity index (χ0) is 22.8. The fraction of sp³-hybridized carbons (Fsp3) is 0.160. The highest BCUT2D eigenvalue weighted by Crippen LogP contribution is 2.33. The Morgan fingerprint density at radius 1 is 1.12 bits per heavy atom. The van der Waals surface area contributed by atoms with Gasteiger partial charge in [0.25, 0.3) is 5.91 Å². The lowest BCUT2D eigenvalue weighted by Crippen LogP contribution is -2.24. The van der Waals surface area contributed by atoms with E-state index in [1.54, 1.807) is 37.6 Å². The number of nitrogens with zero attached hydrogens (tertiary/aromatic N) is 2. The summed E-state index contributed by atoms with van der Waals surface area (Å²) in [4.78, 5) is 16.5. The van der Waals surface area contributed by atoms with Crippen molar-refractivity contribution in [3.05, 3.63) is 85.1 Å². The normalized spacial score (nSPS) is 10.7. The first-order valence-electron chi connectivity index (χ1n) is 10.00. The van der Waals surface area contributed by atoms with Gasteiger partial charge in [-0.15, -0.1) is 6.58 Å². The number of hydrogen-bond acceptors (Lipinski definition) is 6. The summed E-state index contributed by atoms with van der Waals surface area (Å²) in [5.74, 6) is 1.34. The van der Waals surface area contributed by atoms with Crippen LogP contribution in [0.4, 0.5) is 0 Å². The van der Waals surface area contributed by atoms with Crippen LogP contribution in [-0.4, -0.2) is 37.4 Å². The molecule has 7 nitrogen and oxygen atoms in total. The largest absolute Gasteiger partial charge is 0.493 e. The van der Waals surface area contributed by atoms with Gasteiger partial charge in [-0.05, 0) is 36.2 Å². The van der Waals surface area contributed by atoms with E-state index in [9.17, 15) is 4.79 Å². The number of hydrogen-bond donors (Lipinski definition) is 1. The number of ether oxygens (including phenoxy) is 3. The van der Waals surface area contributed by atoms with Crippen LogP contribution < -0.4 is 19.6 Å². The van der Waals surface area contributed by atoms with Gasteiger partial charge >= 0.3 is 0 Å². The van der Waals surface area contributed by atoms with E-state index < -0.39 is 5.91 Å². The Kier molecular flexibility index (Phi) is 7.97.